The molecule has 0 saturated carbocycles. The summed E-state index contributed by atoms with van der Waals surface area (Å²) in [6, 6.07) is 10.3. The molecule has 1 atom stereocenters. The van der Waals surface area contributed by atoms with Crippen LogP contribution in [-0.4, -0.2) is 27.7 Å². The number of hydrogen-bond donors (Lipinski definition) is 0. The van der Waals surface area contributed by atoms with Crippen LogP contribution in [0, 0.1) is 0 Å². The van der Waals surface area contributed by atoms with E-state index in [0.29, 0.717) is 6.54 Å². The first-order valence-corrected chi connectivity index (χ1v) is 7.66. The zero-order valence-electron chi connectivity index (χ0n) is 13.3. The van der Waals surface area contributed by atoms with Gasteiger partial charge in [0.15, 0.2) is 0 Å². The Kier molecular flexibility index (Phi) is 3.69. The number of aromatic nitrogens is 1. The quantitative estimate of drug-likeness (QED) is 0.734. The fourth-order valence-corrected chi connectivity index (χ4v) is 2.80. The van der Waals surface area contributed by atoms with Crippen molar-refractivity contribution < 1.29 is 9.53 Å². The highest BCUT2D eigenvalue weighted by molar-refractivity contribution is 5.80. The zero-order valence-corrected chi connectivity index (χ0v) is 13.3. The fourth-order valence-electron chi connectivity index (χ4n) is 2.80. The summed E-state index contributed by atoms with van der Waals surface area (Å²) in [5, 5.41) is 1.18. The summed E-state index contributed by atoms with van der Waals surface area (Å²) in [5.74, 6) is 0. The fraction of sp³-hybridized carbons (Fsp3) is 0.389. The van der Waals surface area contributed by atoms with Crippen LogP contribution < -0.4 is 0 Å². The molecule has 1 amide bonds. The van der Waals surface area contributed by atoms with Crippen molar-refractivity contribution in [2.45, 2.75) is 39.0 Å². The van der Waals surface area contributed by atoms with Crippen LogP contribution in [-0.2, 0) is 4.74 Å². The van der Waals surface area contributed by atoms with Crippen molar-refractivity contribution in [3.63, 3.8) is 0 Å². The predicted molar refractivity (Wildman–Crippen MR) is 87.7 cm³/mol. The SMILES string of the molecule is CC(C)(C)OC(=O)N1CC=CCC1n1ccc2ccccc21. The molecule has 1 aromatic carbocycles. The highest BCUT2D eigenvalue weighted by atomic mass is 16.6. The number of para-hydroxylation sites is 1. The first-order valence-electron chi connectivity index (χ1n) is 7.66. The highest BCUT2D eigenvalue weighted by Gasteiger charge is 2.30. The molecule has 0 bridgehead atoms. The van der Waals surface area contributed by atoms with Gasteiger partial charge in [-0.2, -0.15) is 0 Å². The van der Waals surface area contributed by atoms with Gasteiger partial charge in [0.2, 0.25) is 0 Å². The summed E-state index contributed by atoms with van der Waals surface area (Å²) in [6.07, 6.45) is 6.68. The van der Waals surface area contributed by atoms with Crippen LogP contribution in [0.2, 0.25) is 0 Å². The van der Waals surface area contributed by atoms with E-state index in [1.165, 1.54) is 5.39 Å². The van der Waals surface area contributed by atoms with E-state index in [1.54, 1.807) is 4.90 Å². The van der Waals surface area contributed by atoms with Crippen molar-refractivity contribution in [3.8, 4) is 0 Å². The van der Waals surface area contributed by atoms with Gasteiger partial charge in [-0.1, -0.05) is 30.4 Å². The summed E-state index contributed by atoms with van der Waals surface area (Å²) >= 11 is 0. The maximum Gasteiger partial charge on any atom is 0.412 e. The van der Waals surface area contributed by atoms with E-state index in [4.69, 9.17) is 4.74 Å². The third-order valence-corrected chi connectivity index (χ3v) is 3.75. The largest absolute Gasteiger partial charge is 0.444 e. The van der Waals surface area contributed by atoms with Gasteiger partial charge in [-0.25, -0.2) is 4.79 Å². The molecule has 1 unspecified atom stereocenters. The first-order chi connectivity index (χ1) is 10.5. The van der Waals surface area contributed by atoms with Crippen molar-refractivity contribution in [2.75, 3.05) is 6.54 Å². The number of carbonyl (C=O) groups excluding carboxylic acids is 1. The molecule has 0 saturated heterocycles. The van der Waals surface area contributed by atoms with Crippen molar-refractivity contribution >= 4 is 17.0 Å². The van der Waals surface area contributed by atoms with Gasteiger partial charge in [0.05, 0.1) is 0 Å². The minimum absolute atomic E-state index is 0.0419. The number of ether oxygens (including phenoxy) is 1. The van der Waals surface area contributed by atoms with Crippen molar-refractivity contribution in [2.24, 2.45) is 0 Å². The Morgan fingerprint density at radius 1 is 1.18 bits per heavy atom. The van der Waals surface area contributed by atoms with Crippen molar-refractivity contribution in [1.82, 2.24) is 9.47 Å². The molecule has 0 radical (unpaired) electrons. The van der Waals surface area contributed by atoms with Crippen molar-refractivity contribution in [1.29, 1.82) is 0 Å². The number of hydrogen-bond acceptors (Lipinski definition) is 2. The summed E-state index contributed by atoms with van der Waals surface area (Å²) in [6.45, 7) is 6.26. The Labute approximate surface area is 131 Å². The second kappa shape index (κ2) is 5.52. The lowest BCUT2D eigenvalue weighted by molar-refractivity contribution is 0.0100. The van der Waals surface area contributed by atoms with E-state index in [0.717, 1.165) is 11.9 Å². The Morgan fingerprint density at radius 2 is 1.95 bits per heavy atom. The van der Waals surface area contributed by atoms with Gasteiger partial charge >= 0.3 is 6.09 Å². The zero-order chi connectivity index (χ0) is 15.7. The average Bonchev–Trinajstić information content (AvgIpc) is 2.89. The maximum atomic E-state index is 12.5. The van der Waals surface area contributed by atoms with Crippen LogP contribution >= 0.6 is 0 Å². The molecule has 4 nitrogen and oxygen atoms in total. The molecular formula is C18H22N2O2. The van der Waals surface area contributed by atoms with Gasteiger partial charge in [-0.05, 0) is 38.3 Å². The third-order valence-electron chi connectivity index (χ3n) is 3.75. The Morgan fingerprint density at radius 3 is 2.73 bits per heavy atom. The summed E-state index contributed by atoms with van der Waals surface area (Å²) in [4.78, 5) is 14.3. The number of amides is 1. The highest BCUT2D eigenvalue weighted by Crippen LogP contribution is 2.28. The standard InChI is InChI=1S/C18H22N2O2/c1-18(2,3)22-17(21)20-12-7-6-10-16(20)19-13-11-14-8-4-5-9-15(14)19/h4-9,11,13,16H,10,12H2,1-3H3. The third kappa shape index (κ3) is 2.86. The molecule has 0 N–H and O–H groups in total. The van der Waals surface area contributed by atoms with E-state index in [1.807, 2.05) is 45.2 Å². The van der Waals surface area contributed by atoms with Gasteiger partial charge in [0.1, 0.15) is 11.8 Å². The molecule has 0 fully saturated rings. The van der Waals surface area contributed by atoms with Crippen LogP contribution in [0.5, 0.6) is 0 Å². The molecule has 0 aliphatic carbocycles. The lowest BCUT2D eigenvalue weighted by Gasteiger charge is -2.35. The van der Waals surface area contributed by atoms with Gasteiger partial charge in [-0.3, -0.25) is 4.90 Å². The van der Waals surface area contributed by atoms with E-state index in [9.17, 15) is 4.79 Å². The van der Waals surface area contributed by atoms with Gasteiger partial charge in [0.25, 0.3) is 0 Å². The lowest BCUT2D eigenvalue weighted by Crippen LogP contribution is -2.42. The summed E-state index contributed by atoms with van der Waals surface area (Å²) in [5.41, 5.74) is 0.651. The Hall–Kier alpha value is -2.23. The maximum absolute atomic E-state index is 12.5. The van der Waals surface area contributed by atoms with Crippen LogP contribution in [0.1, 0.15) is 33.4 Å². The minimum atomic E-state index is -0.485. The molecule has 4 heteroatoms. The number of carbonyl (C=O) groups is 1. The molecule has 1 aliphatic rings. The van der Waals surface area contributed by atoms with Crippen LogP contribution in [0.15, 0.2) is 48.7 Å². The molecule has 116 valence electrons. The van der Waals surface area contributed by atoms with Crippen molar-refractivity contribution in [3.05, 3.63) is 48.7 Å². The topological polar surface area (TPSA) is 34.5 Å². The molecule has 22 heavy (non-hydrogen) atoms. The summed E-state index contributed by atoms with van der Waals surface area (Å²) < 4.78 is 7.71. The van der Waals surface area contributed by atoms with Gasteiger partial charge < -0.3 is 9.30 Å². The molecule has 1 aromatic heterocycles. The average molecular weight is 298 g/mol. The Bertz CT molecular complexity index is 709. The molecule has 2 aromatic rings. The van der Waals surface area contributed by atoms with Crippen LogP contribution in [0.25, 0.3) is 10.9 Å². The van der Waals surface area contributed by atoms with E-state index < -0.39 is 5.60 Å². The molecule has 1 aliphatic heterocycles. The van der Waals surface area contributed by atoms with Crippen LogP contribution in [0.3, 0.4) is 0 Å². The minimum Gasteiger partial charge on any atom is -0.444 e. The molecule has 2 heterocycles. The van der Waals surface area contributed by atoms with E-state index >= 15 is 0 Å². The monoisotopic (exact) mass is 298 g/mol. The normalized spacial score (nSPS) is 18.7. The van der Waals surface area contributed by atoms with Gasteiger partial charge in [0, 0.05) is 24.7 Å². The first kappa shape index (κ1) is 14.7. The number of fused-ring (bicyclic) bond motifs is 1. The molecule has 0 spiro atoms. The number of nitrogens with zero attached hydrogens (tertiary/aromatic N) is 2. The summed E-state index contributed by atoms with van der Waals surface area (Å²) in [7, 11) is 0. The van der Waals surface area contributed by atoms with Crippen LogP contribution in [0.4, 0.5) is 4.79 Å². The Balaban J connectivity index is 1.93. The predicted octanol–water partition coefficient (Wildman–Crippen LogP) is 4.34. The lowest BCUT2D eigenvalue weighted by atomic mass is 10.2. The smallest absolute Gasteiger partial charge is 0.412 e. The van der Waals surface area contributed by atoms with E-state index in [2.05, 4.69) is 28.8 Å². The second-order valence-electron chi connectivity index (χ2n) is 6.60. The molecular weight excluding hydrogens is 276 g/mol. The van der Waals surface area contributed by atoms with E-state index in [-0.39, 0.29) is 12.3 Å². The number of rotatable bonds is 1. The van der Waals surface area contributed by atoms with Gasteiger partial charge in [-0.15, -0.1) is 0 Å². The molecule has 3 rings (SSSR count). The number of benzene rings is 1. The second-order valence-corrected chi connectivity index (χ2v) is 6.60.